The molecule has 0 unspecified atom stereocenters. The van der Waals surface area contributed by atoms with Crippen molar-refractivity contribution in [1.82, 2.24) is 9.80 Å². The molecule has 28 heavy (non-hydrogen) atoms. The van der Waals surface area contributed by atoms with Gasteiger partial charge in [0.25, 0.3) is 5.91 Å². The maximum Gasteiger partial charge on any atom is 0.253 e. The van der Waals surface area contributed by atoms with Crippen LogP contribution in [0.2, 0.25) is 0 Å². The number of hydrogen-bond acceptors (Lipinski definition) is 3. The molecule has 1 aliphatic heterocycles. The molecule has 0 N–H and O–H groups in total. The molecule has 1 aliphatic rings. The summed E-state index contributed by atoms with van der Waals surface area (Å²) in [5, 5.41) is 10.9. The van der Waals surface area contributed by atoms with Crippen molar-refractivity contribution in [2.75, 3.05) is 26.2 Å². The van der Waals surface area contributed by atoms with E-state index in [0.29, 0.717) is 12.5 Å². The zero-order valence-corrected chi connectivity index (χ0v) is 18.3. The van der Waals surface area contributed by atoms with Crippen LogP contribution in [0, 0.1) is 11.3 Å². The highest BCUT2D eigenvalue weighted by molar-refractivity contribution is 5.98. The van der Waals surface area contributed by atoms with Crippen molar-refractivity contribution in [2.45, 2.75) is 54.0 Å². The zero-order chi connectivity index (χ0) is 21.1. The van der Waals surface area contributed by atoms with Gasteiger partial charge in [-0.05, 0) is 42.3 Å². The SMILES string of the molecule is CC.CC.CC(C)N1CCN(C(=O)c2ccc3cc(CC#N)ccc3c2)CC1. The van der Waals surface area contributed by atoms with Crippen LogP contribution in [0.5, 0.6) is 0 Å². The second-order valence-corrected chi connectivity index (χ2v) is 6.65. The van der Waals surface area contributed by atoms with E-state index < -0.39 is 0 Å². The molecule has 3 rings (SSSR count). The minimum absolute atomic E-state index is 0.112. The first-order chi connectivity index (χ1) is 13.6. The number of hydrogen-bond donors (Lipinski definition) is 0. The Balaban J connectivity index is 0.000000921. The van der Waals surface area contributed by atoms with E-state index in [1.807, 2.05) is 69.0 Å². The smallest absolute Gasteiger partial charge is 0.253 e. The first-order valence-electron chi connectivity index (χ1n) is 10.5. The van der Waals surface area contributed by atoms with E-state index in [-0.39, 0.29) is 5.91 Å². The first kappa shape index (κ1) is 23.7. The summed E-state index contributed by atoms with van der Waals surface area (Å²) in [7, 11) is 0. The monoisotopic (exact) mass is 381 g/mol. The van der Waals surface area contributed by atoms with Crippen LogP contribution in [0.15, 0.2) is 36.4 Å². The van der Waals surface area contributed by atoms with E-state index in [4.69, 9.17) is 5.26 Å². The van der Waals surface area contributed by atoms with Crippen molar-refractivity contribution in [3.63, 3.8) is 0 Å². The molecule has 0 radical (unpaired) electrons. The van der Waals surface area contributed by atoms with Gasteiger partial charge in [-0.15, -0.1) is 0 Å². The van der Waals surface area contributed by atoms with Crippen LogP contribution in [0.1, 0.15) is 57.5 Å². The molecule has 1 amide bonds. The van der Waals surface area contributed by atoms with Crippen molar-refractivity contribution >= 4 is 16.7 Å². The molecule has 4 heteroatoms. The van der Waals surface area contributed by atoms with Gasteiger partial charge in [-0.1, -0.05) is 52.0 Å². The molecule has 1 fully saturated rings. The maximum absolute atomic E-state index is 12.8. The lowest BCUT2D eigenvalue weighted by Crippen LogP contribution is -2.50. The summed E-state index contributed by atoms with van der Waals surface area (Å²) in [4.78, 5) is 17.1. The molecule has 0 spiro atoms. The van der Waals surface area contributed by atoms with Crippen molar-refractivity contribution in [2.24, 2.45) is 0 Å². The molecule has 0 atom stereocenters. The highest BCUT2D eigenvalue weighted by Gasteiger charge is 2.23. The molecule has 0 aliphatic carbocycles. The van der Waals surface area contributed by atoms with E-state index in [0.717, 1.165) is 48.1 Å². The fraction of sp³-hybridized carbons (Fsp3) is 0.500. The van der Waals surface area contributed by atoms with Gasteiger partial charge in [0.2, 0.25) is 0 Å². The van der Waals surface area contributed by atoms with Gasteiger partial charge in [-0.2, -0.15) is 5.26 Å². The summed E-state index contributed by atoms with van der Waals surface area (Å²) in [6.45, 7) is 15.8. The van der Waals surface area contributed by atoms with Crippen molar-refractivity contribution < 1.29 is 4.79 Å². The Morgan fingerprint density at radius 3 is 2.11 bits per heavy atom. The summed E-state index contributed by atoms with van der Waals surface area (Å²) in [5.41, 5.74) is 1.75. The quantitative estimate of drug-likeness (QED) is 0.741. The van der Waals surface area contributed by atoms with E-state index in [9.17, 15) is 4.79 Å². The topological polar surface area (TPSA) is 47.3 Å². The average Bonchev–Trinajstić information content (AvgIpc) is 2.76. The molecular weight excluding hydrogens is 346 g/mol. The number of benzene rings is 2. The summed E-state index contributed by atoms with van der Waals surface area (Å²) in [6.07, 6.45) is 0.413. The number of nitrogens with zero attached hydrogens (tertiary/aromatic N) is 3. The minimum atomic E-state index is 0.112. The predicted molar refractivity (Wildman–Crippen MR) is 119 cm³/mol. The summed E-state index contributed by atoms with van der Waals surface area (Å²) in [5.74, 6) is 0.112. The van der Waals surface area contributed by atoms with Gasteiger partial charge in [-0.3, -0.25) is 9.69 Å². The standard InChI is InChI=1S/C20H23N3O.2C2H6/c1-15(2)22-9-11-23(12-10-22)20(24)19-6-5-17-13-16(7-8-21)3-4-18(17)14-19;2*1-2/h3-6,13-15H,7,9-12H2,1-2H3;2*1-2H3. The van der Waals surface area contributed by atoms with Crippen LogP contribution in [0.25, 0.3) is 10.8 Å². The Morgan fingerprint density at radius 1 is 0.964 bits per heavy atom. The second kappa shape index (κ2) is 12.2. The predicted octanol–water partition coefficient (Wildman–Crippen LogP) is 5.12. The summed E-state index contributed by atoms with van der Waals surface area (Å²) < 4.78 is 0. The van der Waals surface area contributed by atoms with Crippen LogP contribution in [-0.2, 0) is 6.42 Å². The number of carbonyl (C=O) groups is 1. The van der Waals surface area contributed by atoms with Gasteiger partial charge < -0.3 is 4.90 Å². The summed E-state index contributed by atoms with van der Waals surface area (Å²) >= 11 is 0. The molecule has 1 heterocycles. The van der Waals surface area contributed by atoms with Crippen LogP contribution < -0.4 is 0 Å². The van der Waals surface area contributed by atoms with Gasteiger partial charge in [0.15, 0.2) is 0 Å². The molecule has 152 valence electrons. The van der Waals surface area contributed by atoms with Gasteiger partial charge in [0, 0.05) is 37.8 Å². The average molecular weight is 382 g/mol. The van der Waals surface area contributed by atoms with Crippen LogP contribution in [0.3, 0.4) is 0 Å². The van der Waals surface area contributed by atoms with Crippen LogP contribution in [-0.4, -0.2) is 47.9 Å². The van der Waals surface area contributed by atoms with Crippen molar-refractivity contribution in [1.29, 1.82) is 5.26 Å². The first-order valence-corrected chi connectivity index (χ1v) is 10.5. The Kier molecular flexibility index (Phi) is 10.3. The Hall–Kier alpha value is -2.38. The third-order valence-corrected chi connectivity index (χ3v) is 4.77. The van der Waals surface area contributed by atoms with Crippen LogP contribution in [0.4, 0.5) is 0 Å². The Labute approximate surface area is 170 Å². The normalized spacial score (nSPS) is 13.9. The van der Waals surface area contributed by atoms with E-state index >= 15 is 0 Å². The van der Waals surface area contributed by atoms with Crippen molar-refractivity contribution in [3.05, 3.63) is 47.5 Å². The maximum atomic E-state index is 12.8. The molecule has 2 aromatic rings. The Morgan fingerprint density at radius 2 is 1.54 bits per heavy atom. The number of amides is 1. The largest absolute Gasteiger partial charge is 0.336 e. The molecule has 1 saturated heterocycles. The van der Waals surface area contributed by atoms with Gasteiger partial charge in [0.05, 0.1) is 12.5 Å². The lowest BCUT2D eigenvalue weighted by molar-refractivity contribution is 0.0595. The summed E-state index contributed by atoms with van der Waals surface area (Å²) in [6, 6.07) is 14.5. The second-order valence-electron chi connectivity index (χ2n) is 6.65. The molecular formula is C24H35N3O. The van der Waals surface area contributed by atoms with Crippen LogP contribution >= 0.6 is 0 Å². The number of fused-ring (bicyclic) bond motifs is 1. The van der Waals surface area contributed by atoms with Gasteiger partial charge in [-0.25, -0.2) is 0 Å². The molecule has 0 saturated carbocycles. The fourth-order valence-electron chi connectivity index (χ4n) is 3.25. The highest BCUT2D eigenvalue weighted by atomic mass is 16.2. The van der Waals surface area contributed by atoms with Gasteiger partial charge in [0.1, 0.15) is 0 Å². The molecule has 2 aromatic carbocycles. The number of carbonyl (C=O) groups excluding carboxylic acids is 1. The van der Waals surface area contributed by atoms with Crippen molar-refractivity contribution in [3.8, 4) is 6.07 Å². The zero-order valence-electron chi connectivity index (χ0n) is 18.3. The lowest BCUT2D eigenvalue weighted by Gasteiger charge is -2.37. The molecule has 0 bridgehead atoms. The lowest BCUT2D eigenvalue weighted by atomic mass is 10.0. The van der Waals surface area contributed by atoms with Gasteiger partial charge >= 0.3 is 0 Å². The third-order valence-electron chi connectivity index (χ3n) is 4.77. The number of piperazine rings is 1. The number of rotatable bonds is 3. The highest BCUT2D eigenvalue weighted by Crippen LogP contribution is 2.20. The minimum Gasteiger partial charge on any atom is -0.336 e. The fourth-order valence-corrected chi connectivity index (χ4v) is 3.25. The third kappa shape index (κ3) is 6.07. The molecule has 0 aromatic heterocycles. The van der Waals surface area contributed by atoms with E-state index in [1.165, 1.54) is 0 Å². The van der Waals surface area contributed by atoms with E-state index in [2.05, 4.69) is 24.8 Å². The Bertz CT molecular complexity index is 784. The molecule has 4 nitrogen and oxygen atoms in total. The number of nitriles is 1. The van der Waals surface area contributed by atoms with E-state index in [1.54, 1.807) is 0 Å².